The summed E-state index contributed by atoms with van der Waals surface area (Å²) in [5.41, 5.74) is 12.3. The van der Waals surface area contributed by atoms with E-state index in [1.54, 1.807) is 0 Å². The molecule has 7 rings (SSSR count). The van der Waals surface area contributed by atoms with Crippen LogP contribution in [0, 0.1) is 39.0 Å². The largest absolute Gasteiger partial charge is 0.256 e. The maximum absolute atomic E-state index is 5.35. The molecule has 6 aromatic rings. The first-order valence-electron chi connectivity index (χ1n) is 14.4. The number of hydrogen-bond donors (Lipinski definition) is 0. The van der Waals surface area contributed by atoms with E-state index in [1.165, 1.54) is 16.7 Å². The predicted molar refractivity (Wildman–Crippen MR) is 166 cm³/mol. The van der Waals surface area contributed by atoms with Crippen LogP contribution in [-0.2, 0) is 21.1 Å². The van der Waals surface area contributed by atoms with Gasteiger partial charge in [0, 0.05) is 38.8 Å². The first-order valence-corrected chi connectivity index (χ1v) is 14.4. The SMILES string of the molecule is Cc1cc[c-]c(C2c3cccc(n3)C(c3[c-]ccc(C)c3)c3cccc(n3)C(c3[c-]ccc(C)c3)c3cccc2n3)c1.[Pt]. The zero-order valence-electron chi connectivity index (χ0n) is 24.3. The second kappa shape index (κ2) is 12.2. The van der Waals surface area contributed by atoms with Crippen LogP contribution in [0.15, 0.2) is 109 Å². The Hall–Kier alpha value is -4.20. The molecule has 1 aliphatic heterocycles. The van der Waals surface area contributed by atoms with Crippen LogP contribution in [0.1, 0.15) is 85.3 Å². The van der Waals surface area contributed by atoms with Crippen molar-refractivity contribution in [3.05, 3.63) is 195 Å². The van der Waals surface area contributed by atoms with Gasteiger partial charge in [0.05, 0.1) is 34.2 Å². The molecule has 0 radical (unpaired) electrons. The van der Waals surface area contributed by atoms with Gasteiger partial charge in [-0.25, -0.2) is 0 Å². The van der Waals surface area contributed by atoms with Gasteiger partial charge < -0.3 is 0 Å². The van der Waals surface area contributed by atoms with E-state index in [-0.39, 0.29) is 38.8 Å². The van der Waals surface area contributed by atoms with E-state index in [4.69, 9.17) is 15.0 Å². The number of aromatic nitrogens is 3. The van der Waals surface area contributed by atoms with Crippen molar-refractivity contribution >= 4 is 0 Å². The fourth-order valence-corrected chi connectivity index (χ4v) is 6.10. The van der Waals surface area contributed by atoms with Crippen molar-refractivity contribution in [2.45, 2.75) is 38.5 Å². The number of rotatable bonds is 3. The standard InChI is InChI=1S/C39H30N3.Pt/c1-25-10-4-13-28(22-25)37-31-16-7-18-33(40-31)38(29-14-5-11-26(2)23-29)35-20-9-21-36(42-35)39(30-15-6-12-27(3)24-30)34-19-8-17-32(37)41-34;/h4-12,16-24,37-39H,1-3H3;/q-3;. The van der Waals surface area contributed by atoms with Crippen LogP contribution < -0.4 is 0 Å². The van der Waals surface area contributed by atoms with Gasteiger partial charge in [-0.2, -0.15) is 89.5 Å². The molecule has 0 saturated carbocycles. The zero-order valence-corrected chi connectivity index (χ0v) is 26.6. The van der Waals surface area contributed by atoms with E-state index in [2.05, 4.69) is 130 Å². The Labute approximate surface area is 268 Å². The number of pyridine rings is 3. The summed E-state index contributed by atoms with van der Waals surface area (Å²) < 4.78 is 0. The predicted octanol–water partition coefficient (Wildman–Crippen LogP) is 8.05. The van der Waals surface area contributed by atoms with E-state index in [0.29, 0.717) is 0 Å². The molecule has 4 heterocycles. The van der Waals surface area contributed by atoms with E-state index in [1.807, 2.05) is 18.2 Å². The summed E-state index contributed by atoms with van der Waals surface area (Å²) in [6.45, 7) is 6.35. The molecular weight excluding hydrogens is 706 g/mol. The summed E-state index contributed by atoms with van der Waals surface area (Å²) in [6.07, 6.45) is 0. The second-order valence-corrected chi connectivity index (χ2v) is 11.2. The Bertz CT molecular complexity index is 1630. The van der Waals surface area contributed by atoms with Gasteiger partial charge in [-0.05, 0) is 36.4 Å². The van der Waals surface area contributed by atoms with Gasteiger partial charge in [0.2, 0.25) is 0 Å². The Kier molecular flexibility index (Phi) is 8.19. The number of aryl methyl sites for hydroxylation is 3. The molecule has 3 nitrogen and oxygen atoms in total. The molecule has 6 bridgehead atoms. The van der Waals surface area contributed by atoms with Crippen LogP contribution in [0.2, 0.25) is 0 Å². The summed E-state index contributed by atoms with van der Waals surface area (Å²) in [7, 11) is 0. The van der Waals surface area contributed by atoms with Gasteiger partial charge in [0.15, 0.2) is 0 Å². The molecule has 43 heavy (non-hydrogen) atoms. The Balaban J connectivity index is 0.00000329. The first kappa shape index (κ1) is 28.9. The molecule has 0 N–H and O–H groups in total. The maximum Gasteiger partial charge on any atom is 0.0521 e. The smallest absolute Gasteiger partial charge is 0.0521 e. The number of fused-ring (bicyclic) bond motifs is 6. The van der Waals surface area contributed by atoms with Crippen molar-refractivity contribution in [1.82, 2.24) is 15.0 Å². The van der Waals surface area contributed by atoms with Crippen LogP contribution in [0.5, 0.6) is 0 Å². The molecule has 0 saturated heterocycles. The summed E-state index contributed by atoms with van der Waals surface area (Å²) in [6, 6.07) is 48.3. The van der Waals surface area contributed by atoms with Crippen molar-refractivity contribution in [2.24, 2.45) is 0 Å². The Morgan fingerprint density at radius 2 is 0.674 bits per heavy atom. The van der Waals surface area contributed by atoms with Crippen molar-refractivity contribution in [3.8, 4) is 0 Å². The van der Waals surface area contributed by atoms with Crippen LogP contribution in [-0.4, -0.2) is 15.0 Å². The number of hydrogen-bond acceptors (Lipinski definition) is 3. The Morgan fingerprint density at radius 1 is 0.419 bits per heavy atom. The molecule has 0 spiro atoms. The molecule has 0 aliphatic carbocycles. The third-order valence-corrected chi connectivity index (χ3v) is 8.02. The molecule has 214 valence electrons. The minimum absolute atomic E-state index is 0. The average molecular weight is 736 g/mol. The molecule has 0 fully saturated rings. The van der Waals surface area contributed by atoms with Gasteiger partial charge in [0.25, 0.3) is 0 Å². The van der Waals surface area contributed by atoms with Gasteiger partial charge in [-0.15, -0.1) is 16.7 Å². The Morgan fingerprint density at radius 3 is 0.907 bits per heavy atom. The fourth-order valence-electron chi connectivity index (χ4n) is 6.10. The fraction of sp³-hybridized carbons (Fsp3) is 0.154. The molecule has 0 amide bonds. The number of benzene rings is 3. The van der Waals surface area contributed by atoms with E-state index in [0.717, 1.165) is 50.9 Å². The van der Waals surface area contributed by atoms with Crippen LogP contribution in [0.3, 0.4) is 0 Å². The van der Waals surface area contributed by atoms with Crippen molar-refractivity contribution in [1.29, 1.82) is 0 Å². The quantitative estimate of drug-likeness (QED) is 0.173. The van der Waals surface area contributed by atoms with E-state index >= 15 is 0 Å². The molecule has 3 aromatic heterocycles. The molecule has 3 aromatic carbocycles. The van der Waals surface area contributed by atoms with Crippen LogP contribution in [0.4, 0.5) is 0 Å². The van der Waals surface area contributed by atoms with Gasteiger partial charge in [0.1, 0.15) is 0 Å². The van der Waals surface area contributed by atoms with E-state index < -0.39 is 0 Å². The average Bonchev–Trinajstić information content (AvgIpc) is 2.98. The van der Waals surface area contributed by atoms with E-state index in [9.17, 15) is 0 Å². The third-order valence-electron chi connectivity index (χ3n) is 8.02. The summed E-state index contributed by atoms with van der Waals surface area (Å²) >= 11 is 0. The van der Waals surface area contributed by atoms with Gasteiger partial charge in [-0.3, -0.25) is 15.0 Å². The monoisotopic (exact) mass is 735 g/mol. The molecule has 4 heteroatoms. The zero-order chi connectivity index (χ0) is 28.6. The normalized spacial score (nSPS) is 17.2. The van der Waals surface area contributed by atoms with Crippen LogP contribution in [0.25, 0.3) is 0 Å². The minimum atomic E-state index is -0.181. The summed E-state index contributed by atoms with van der Waals surface area (Å²) in [5, 5.41) is 0. The van der Waals surface area contributed by atoms with Crippen molar-refractivity contribution in [2.75, 3.05) is 0 Å². The van der Waals surface area contributed by atoms with Crippen molar-refractivity contribution in [3.63, 3.8) is 0 Å². The molecule has 0 atom stereocenters. The molecule has 1 aliphatic rings. The van der Waals surface area contributed by atoms with Crippen LogP contribution >= 0.6 is 0 Å². The summed E-state index contributed by atoms with van der Waals surface area (Å²) in [4.78, 5) is 16.1. The summed E-state index contributed by atoms with van der Waals surface area (Å²) in [5.74, 6) is -0.542. The number of nitrogens with zero attached hydrogens (tertiary/aromatic N) is 3. The van der Waals surface area contributed by atoms with Gasteiger partial charge >= 0.3 is 0 Å². The first-order chi connectivity index (χ1) is 20.5. The van der Waals surface area contributed by atoms with Gasteiger partial charge in [-0.1, -0.05) is 39.0 Å². The van der Waals surface area contributed by atoms with Crippen molar-refractivity contribution < 1.29 is 21.1 Å². The topological polar surface area (TPSA) is 38.7 Å². The second-order valence-electron chi connectivity index (χ2n) is 11.2. The molecular formula is C39H30N3Pt-3. The maximum atomic E-state index is 5.35. The third kappa shape index (κ3) is 5.75. The minimum Gasteiger partial charge on any atom is -0.256 e. The molecule has 0 unspecified atom stereocenters.